The largest absolute Gasteiger partial charge is 0.508 e. The summed E-state index contributed by atoms with van der Waals surface area (Å²) >= 11 is 0. The van der Waals surface area contributed by atoms with E-state index in [1.807, 2.05) is 0 Å². The van der Waals surface area contributed by atoms with E-state index < -0.39 is 11.7 Å². The maximum absolute atomic E-state index is 13.8. The number of halogens is 1. The average Bonchev–Trinajstić information content (AvgIpc) is 2.90. The molecule has 1 atom stereocenters. The van der Waals surface area contributed by atoms with Crippen molar-refractivity contribution in [1.29, 1.82) is 0 Å². The maximum atomic E-state index is 13.8. The predicted octanol–water partition coefficient (Wildman–Crippen LogP) is 2.52. The van der Waals surface area contributed by atoms with Crippen LogP contribution in [0.1, 0.15) is 6.42 Å². The molecular weight excluding hydrogens is 299 g/mol. The van der Waals surface area contributed by atoms with Gasteiger partial charge in [0.1, 0.15) is 11.6 Å². The summed E-state index contributed by atoms with van der Waals surface area (Å²) in [4.78, 5) is 25.6. The van der Waals surface area contributed by atoms with Crippen molar-refractivity contribution in [1.82, 2.24) is 0 Å². The topological polar surface area (TPSA) is 69.6 Å². The molecule has 2 aromatic rings. The van der Waals surface area contributed by atoms with Gasteiger partial charge in [0, 0.05) is 24.7 Å². The Hall–Kier alpha value is -2.89. The lowest BCUT2D eigenvalue weighted by Gasteiger charge is -2.17. The Balaban J connectivity index is 1.72. The van der Waals surface area contributed by atoms with Gasteiger partial charge in [0.25, 0.3) is 0 Å². The van der Waals surface area contributed by atoms with E-state index in [4.69, 9.17) is 0 Å². The fraction of sp³-hybridized carbons (Fsp3) is 0.176. The van der Waals surface area contributed by atoms with Crippen LogP contribution < -0.4 is 10.2 Å². The number of nitrogens with zero attached hydrogens (tertiary/aromatic N) is 1. The van der Waals surface area contributed by atoms with Gasteiger partial charge in [-0.3, -0.25) is 9.59 Å². The van der Waals surface area contributed by atoms with Crippen molar-refractivity contribution in [3.05, 3.63) is 54.3 Å². The average molecular weight is 314 g/mol. The highest BCUT2D eigenvalue weighted by molar-refractivity contribution is 6.03. The third kappa shape index (κ3) is 3.15. The van der Waals surface area contributed by atoms with E-state index in [1.54, 1.807) is 24.3 Å². The fourth-order valence-corrected chi connectivity index (χ4v) is 2.61. The molecule has 118 valence electrons. The van der Waals surface area contributed by atoms with Crippen LogP contribution in [0.4, 0.5) is 15.8 Å². The Labute approximate surface area is 132 Å². The lowest BCUT2D eigenvalue weighted by Crippen LogP contribution is -2.28. The van der Waals surface area contributed by atoms with Crippen LogP contribution in [-0.2, 0) is 9.59 Å². The summed E-state index contributed by atoms with van der Waals surface area (Å²) in [5.41, 5.74) is 0.636. The first-order chi connectivity index (χ1) is 11.0. The minimum Gasteiger partial charge on any atom is -0.508 e. The zero-order chi connectivity index (χ0) is 16.4. The molecule has 1 saturated heterocycles. The van der Waals surface area contributed by atoms with E-state index in [0.717, 1.165) is 0 Å². The monoisotopic (exact) mass is 314 g/mol. The zero-order valence-corrected chi connectivity index (χ0v) is 12.2. The maximum Gasteiger partial charge on any atom is 0.229 e. The van der Waals surface area contributed by atoms with E-state index in [9.17, 15) is 19.1 Å². The number of phenolic OH excluding ortho intramolecular Hbond substituents is 1. The van der Waals surface area contributed by atoms with Crippen LogP contribution in [0.25, 0.3) is 0 Å². The number of nitrogens with one attached hydrogen (secondary N) is 1. The third-order valence-electron chi connectivity index (χ3n) is 3.75. The molecule has 23 heavy (non-hydrogen) atoms. The summed E-state index contributed by atoms with van der Waals surface area (Å²) in [6, 6.07) is 12.2. The Morgan fingerprint density at radius 2 is 2.00 bits per heavy atom. The summed E-state index contributed by atoms with van der Waals surface area (Å²) in [6.45, 7) is 0.129. The van der Waals surface area contributed by atoms with Gasteiger partial charge in [-0.15, -0.1) is 0 Å². The van der Waals surface area contributed by atoms with Crippen LogP contribution in [0.2, 0.25) is 0 Å². The number of carbonyl (C=O) groups is 2. The van der Waals surface area contributed by atoms with Gasteiger partial charge in [-0.2, -0.15) is 0 Å². The first-order valence-electron chi connectivity index (χ1n) is 7.19. The van der Waals surface area contributed by atoms with E-state index >= 15 is 0 Å². The van der Waals surface area contributed by atoms with Crippen LogP contribution in [0.15, 0.2) is 48.5 Å². The van der Waals surface area contributed by atoms with Gasteiger partial charge in [-0.1, -0.05) is 18.2 Å². The summed E-state index contributed by atoms with van der Waals surface area (Å²) in [5.74, 6) is -1.63. The second-order valence-electron chi connectivity index (χ2n) is 5.40. The zero-order valence-electron chi connectivity index (χ0n) is 12.2. The first kappa shape index (κ1) is 15.0. The first-order valence-corrected chi connectivity index (χ1v) is 7.19. The van der Waals surface area contributed by atoms with Gasteiger partial charge in [-0.05, 0) is 24.3 Å². The van der Waals surface area contributed by atoms with E-state index in [2.05, 4.69) is 5.32 Å². The van der Waals surface area contributed by atoms with Gasteiger partial charge in [0.05, 0.1) is 11.6 Å². The van der Waals surface area contributed by atoms with E-state index in [1.165, 1.54) is 29.2 Å². The highest BCUT2D eigenvalue weighted by Crippen LogP contribution is 2.28. The Kier molecular flexibility index (Phi) is 3.97. The molecule has 1 aliphatic heterocycles. The van der Waals surface area contributed by atoms with Gasteiger partial charge in [0.15, 0.2) is 0 Å². The van der Waals surface area contributed by atoms with E-state index in [-0.39, 0.29) is 36.2 Å². The van der Waals surface area contributed by atoms with Crippen molar-refractivity contribution in [2.45, 2.75) is 6.42 Å². The standard InChI is InChI=1S/C17H15FN2O3/c18-14-6-1-2-7-15(14)20-10-11(8-16(20)22)17(23)19-12-4-3-5-13(21)9-12/h1-7,9,11,21H,8,10H2,(H,19,23)/t11-/m0/s1. The molecule has 0 radical (unpaired) electrons. The number of anilines is 2. The number of para-hydroxylation sites is 1. The summed E-state index contributed by atoms with van der Waals surface area (Å²) in [6.07, 6.45) is 0.0268. The Morgan fingerprint density at radius 1 is 1.22 bits per heavy atom. The molecule has 1 heterocycles. The number of phenols is 1. The van der Waals surface area contributed by atoms with Gasteiger partial charge < -0.3 is 15.3 Å². The highest BCUT2D eigenvalue weighted by atomic mass is 19.1. The molecule has 0 aromatic heterocycles. The molecule has 2 amide bonds. The van der Waals surface area contributed by atoms with Crippen molar-refractivity contribution >= 4 is 23.2 Å². The number of rotatable bonds is 3. The van der Waals surface area contributed by atoms with Gasteiger partial charge >= 0.3 is 0 Å². The highest BCUT2D eigenvalue weighted by Gasteiger charge is 2.36. The fourth-order valence-electron chi connectivity index (χ4n) is 2.61. The number of carbonyl (C=O) groups excluding carboxylic acids is 2. The molecule has 0 saturated carbocycles. The van der Waals surface area contributed by atoms with Crippen molar-refractivity contribution < 1.29 is 19.1 Å². The van der Waals surface area contributed by atoms with Crippen molar-refractivity contribution in [2.24, 2.45) is 5.92 Å². The van der Waals surface area contributed by atoms with Gasteiger partial charge in [-0.25, -0.2) is 4.39 Å². The third-order valence-corrected chi connectivity index (χ3v) is 3.75. The normalized spacial score (nSPS) is 17.3. The van der Waals surface area contributed by atoms with E-state index in [0.29, 0.717) is 5.69 Å². The number of amides is 2. The molecule has 2 aromatic carbocycles. The molecule has 2 N–H and O–H groups in total. The molecular formula is C17H15FN2O3. The van der Waals surface area contributed by atoms with Crippen LogP contribution in [0, 0.1) is 11.7 Å². The summed E-state index contributed by atoms with van der Waals surface area (Å²) in [5, 5.41) is 12.1. The smallest absolute Gasteiger partial charge is 0.229 e. The van der Waals surface area contributed by atoms with Crippen LogP contribution in [-0.4, -0.2) is 23.5 Å². The van der Waals surface area contributed by atoms with Gasteiger partial charge in [0.2, 0.25) is 11.8 Å². The second kappa shape index (κ2) is 6.08. The number of hydrogen-bond acceptors (Lipinski definition) is 3. The van der Waals surface area contributed by atoms with Crippen molar-refractivity contribution in [3.63, 3.8) is 0 Å². The van der Waals surface area contributed by atoms with Crippen molar-refractivity contribution in [2.75, 3.05) is 16.8 Å². The number of benzene rings is 2. The lowest BCUT2D eigenvalue weighted by atomic mass is 10.1. The predicted molar refractivity (Wildman–Crippen MR) is 83.6 cm³/mol. The molecule has 0 spiro atoms. The molecule has 0 unspecified atom stereocenters. The van der Waals surface area contributed by atoms with Crippen LogP contribution >= 0.6 is 0 Å². The minimum absolute atomic E-state index is 0.0268. The summed E-state index contributed by atoms with van der Waals surface area (Å²) < 4.78 is 13.8. The Bertz CT molecular complexity index is 763. The summed E-state index contributed by atoms with van der Waals surface area (Å²) in [7, 11) is 0. The lowest BCUT2D eigenvalue weighted by molar-refractivity contribution is -0.122. The molecule has 6 heteroatoms. The second-order valence-corrected chi connectivity index (χ2v) is 5.40. The molecule has 5 nitrogen and oxygen atoms in total. The molecule has 0 aliphatic carbocycles. The quantitative estimate of drug-likeness (QED) is 0.914. The number of hydrogen-bond donors (Lipinski definition) is 2. The molecule has 1 fully saturated rings. The SMILES string of the molecule is O=C(Nc1cccc(O)c1)[C@H]1CC(=O)N(c2ccccc2F)C1. The minimum atomic E-state index is -0.565. The van der Waals surface area contributed by atoms with Crippen LogP contribution in [0.3, 0.4) is 0 Å². The van der Waals surface area contributed by atoms with Crippen LogP contribution in [0.5, 0.6) is 5.75 Å². The molecule has 1 aliphatic rings. The number of aromatic hydroxyl groups is 1. The van der Waals surface area contributed by atoms with Crippen molar-refractivity contribution in [3.8, 4) is 5.75 Å². The molecule has 3 rings (SSSR count). The Morgan fingerprint density at radius 3 is 2.74 bits per heavy atom. The molecule has 0 bridgehead atoms.